The minimum absolute atomic E-state index is 0.317. The predicted molar refractivity (Wildman–Crippen MR) is 90.5 cm³/mol. The fourth-order valence-electron chi connectivity index (χ4n) is 3.42. The van der Waals surface area contributed by atoms with E-state index < -0.39 is 0 Å². The molecular weight excluding hydrogens is 290 g/mol. The Kier molecular flexibility index (Phi) is 4.55. The molecule has 1 aromatic rings. The third kappa shape index (κ3) is 3.19. The van der Waals surface area contributed by atoms with Crippen molar-refractivity contribution in [1.82, 2.24) is 9.80 Å². The molecule has 0 N–H and O–H groups in total. The third-order valence-electron chi connectivity index (χ3n) is 5.06. The molecule has 2 aliphatic rings. The highest BCUT2D eigenvalue weighted by Crippen LogP contribution is 2.24. The van der Waals surface area contributed by atoms with Gasteiger partial charge in [-0.05, 0) is 43.9 Å². The van der Waals surface area contributed by atoms with E-state index in [0.29, 0.717) is 13.1 Å². The van der Waals surface area contributed by atoms with Crippen LogP contribution in [0, 0.1) is 13.8 Å². The summed E-state index contributed by atoms with van der Waals surface area (Å²) in [5.41, 5.74) is 3.81. The van der Waals surface area contributed by atoms with Gasteiger partial charge >= 0.3 is 11.8 Å². The standard InChI is InChI=1S/C18H25N3O2/c1-14-6-5-7-16(15(14)2)19-10-12-21(13-11-19)18(23)17(22)20-8-3-4-9-20/h5-7H,3-4,8-13H2,1-2H3. The molecule has 124 valence electrons. The lowest BCUT2D eigenvalue weighted by molar-refractivity contribution is -0.151. The first-order chi connectivity index (χ1) is 11.1. The molecule has 0 unspecified atom stereocenters. The number of hydrogen-bond donors (Lipinski definition) is 0. The highest BCUT2D eigenvalue weighted by Gasteiger charge is 2.31. The molecule has 23 heavy (non-hydrogen) atoms. The molecule has 2 amide bonds. The Morgan fingerprint density at radius 1 is 0.826 bits per heavy atom. The number of piperazine rings is 1. The smallest absolute Gasteiger partial charge is 0.312 e. The van der Waals surface area contributed by atoms with E-state index in [1.54, 1.807) is 9.80 Å². The van der Waals surface area contributed by atoms with Gasteiger partial charge < -0.3 is 14.7 Å². The number of carbonyl (C=O) groups excluding carboxylic acids is 2. The summed E-state index contributed by atoms with van der Waals surface area (Å²) < 4.78 is 0. The zero-order valence-electron chi connectivity index (χ0n) is 14.0. The minimum Gasteiger partial charge on any atom is -0.368 e. The normalized spacial score (nSPS) is 18.4. The second-order valence-corrected chi connectivity index (χ2v) is 6.50. The molecule has 0 bridgehead atoms. The van der Waals surface area contributed by atoms with E-state index in [4.69, 9.17) is 0 Å². The van der Waals surface area contributed by atoms with Gasteiger partial charge in [-0.2, -0.15) is 0 Å². The molecule has 3 rings (SSSR count). The zero-order valence-corrected chi connectivity index (χ0v) is 14.0. The SMILES string of the molecule is Cc1cccc(N2CCN(C(=O)C(=O)N3CCCC3)CC2)c1C. The van der Waals surface area contributed by atoms with Crippen LogP contribution in [0.3, 0.4) is 0 Å². The van der Waals surface area contributed by atoms with Crippen molar-refractivity contribution in [3.8, 4) is 0 Å². The summed E-state index contributed by atoms with van der Waals surface area (Å²) in [4.78, 5) is 30.3. The molecule has 0 aliphatic carbocycles. The zero-order chi connectivity index (χ0) is 16.4. The Bertz CT molecular complexity index is 600. The van der Waals surface area contributed by atoms with E-state index in [1.807, 2.05) is 0 Å². The number of carbonyl (C=O) groups is 2. The van der Waals surface area contributed by atoms with Crippen molar-refractivity contribution in [1.29, 1.82) is 0 Å². The number of aryl methyl sites for hydroxylation is 1. The maximum Gasteiger partial charge on any atom is 0.312 e. The van der Waals surface area contributed by atoms with Gasteiger partial charge in [-0.15, -0.1) is 0 Å². The van der Waals surface area contributed by atoms with Crippen LogP contribution in [-0.4, -0.2) is 60.9 Å². The fraction of sp³-hybridized carbons (Fsp3) is 0.556. The van der Waals surface area contributed by atoms with Gasteiger partial charge in [0, 0.05) is 45.0 Å². The largest absolute Gasteiger partial charge is 0.368 e. The Balaban J connectivity index is 1.60. The first-order valence-electron chi connectivity index (χ1n) is 8.47. The van der Waals surface area contributed by atoms with E-state index in [2.05, 4.69) is 36.9 Å². The molecule has 0 saturated carbocycles. The summed E-state index contributed by atoms with van der Waals surface area (Å²) in [5.74, 6) is -0.643. The number of amides is 2. The number of nitrogens with zero attached hydrogens (tertiary/aromatic N) is 3. The van der Waals surface area contributed by atoms with Crippen LogP contribution in [-0.2, 0) is 9.59 Å². The molecule has 2 heterocycles. The first-order valence-corrected chi connectivity index (χ1v) is 8.47. The van der Waals surface area contributed by atoms with Gasteiger partial charge in [0.1, 0.15) is 0 Å². The van der Waals surface area contributed by atoms with Crippen molar-refractivity contribution in [3.05, 3.63) is 29.3 Å². The molecule has 0 radical (unpaired) electrons. The third-order valence-corrected chi connectivity index (χ3v) is 5.06. The van der Waals surface area contributed by atoms with Gasteiger partial charge in [0.25, 0.3) is 0 Å². The summed E-state index contributed by atoms with van der Waals surface area (Å²) in [7, 11) is 0. The lowest BCUT2D eigenvalue weighted by atomic mass is 10.1. The van der Waals surface area contributed by atoms with Crippen molar-refractivity contribution in [2.75, 3.05) is 44.2 Å². The molecule has 0 spiro atoms. The first kappa shape index (κ1) is 15.8. The van der Waals surface area contributed by atoms with Gasteiger partial charge in [-0.1, -0.05) is 12.1 Å². The molecule has 2 fully saturated rings. The van der Waals surface area contributed by atoms with E-state index in [-0.39, 0.29) is 11.8 Å². The summed E-state index contributed by atoms with van der Waals surface area (Å²) in [6, 6.07) is 6.33. The molecular formula is C18H25N3O2. The lowest BCUT2D eigenvalue weighted by Crippen LogP contribution is -2.53. The Hall–Kier alpha value is -2.04. The maximum absolute atomic E-state index is 12.4. The molecule has 0 aromatic heterocycles. The average molecular weight is 315 g/mol. The Labute approximate surface area is 137 Å². The van der Waals surface area contributed by atoms with Crippen LogP contribution < -0.4 is 4.90 Å². The van der Waals surface area contributed by atoms with Crippen molar-refractivity contribution in [2.45, 2.75) is 26.7 Å². The molecule has 2 saturated heterocycles. The van der Waals surface area contributed by atoms with Crippen LogP contribution >= 0.6 is 0 Å². The van der Waals surface area contributed by atoms with Crippen molar-refractivity contribution in [2.24, 2.45) is 0 Å². The second-order valence-electron chi connectivity index (χ2n) is 6.50. The molecule has 5 nitrogen and oxygen atoms in total. The van der Waals surface area contributed by atoms with Crippen LogP contribution in [0.25, 0.3) is 0 Å². The highest BCUT2D eigenvalue weighted by molar-refractivity contribution is 6.35. The number of likely N-dealkylation sites (tertiary alicyclic amines) is 1. The van der Waals surface area contributed by atoms with Crippen molar-refractivity contribution >= 4 is 17.5 Å². The summed E-state index contributed by atoms with van der Waals surface area (Å²) >= 11 is 0. The van der Waals surface area contributed by atoms with Gasteiger partial charge in [-0.3, -0.25) is 9.59 Å². The number of benzene rings is 1. The maximum atomic E-state index is 12.4. The molecule has 2 aliphatic heterocycles. The monoisotopic (exact) mass is 315 g/mol. The van der Waals surface area contributed by atoms with Gasteiger partial charge in [0.15, 0.2) is 0 Å². The quantitative estimate of drug-likeness (QED) is 0.739. The minimum atomic E-state index is -0.326. The van der Waals surface area contributed by atoms with Crippen LogP contribution in [0.4, 0.5) is 5.69 Å². The summed E-state index contributed by atoms with van der Waals surface area (Å²) in [6.45, 7) is 8.51. The molecule has 0 atom stereocenters. The molecule has 5 heteroatoms. The van der Waals surface area contributed by atoms with Crippen LogP contribution in [0.1, 0.15) is 24.0 Å². The van der Waals surface area contributed by atoms with Gasteiger partial charge in [0.2, 0.25) is 0 Å². The number of anilines is 1. The topological polar surface area (TPSA) is 43.9 Å². The second kappa shape index (κ2) is 6.60. The highest BCUT2D eigenvalue weighted by atomic mass is 16.2. The van der Waals surface area contributed by atoms with Gasteiger partial charge in [0.05, 0.1) is 0 Å². The van der Waals surface area contributed by atoms with Crippen LogP contribution in [0.5, 0.6) is 0 Å². The van der Waals surface area contributed by atoms with Crippen LogP contribution in [0.2, 0.25) is 0 Å². The van der Waals surface area contributed by atoms with Gasteiger partial charge in [-0.25, -0.2) is 0 Å². The lowest BCUT2D eigenvalue weighted by Gasteiger charge is -2.37. The average Bonchev–Trinajstić information content (AvgIpc) is 3.11. The summed E-state index contributed by atoms with van der Waals surface area (Å²) in [6.07, 6.45) is 2.03. The fourth-order valence-corrected chi connectivity index (χ4v) is 3.42. The van der Waals surface area contributed by atoms with Crippen molar-refractivity contribution < 1.29 is 9.59 Å². The predicted octanol–water partition coefficient (Wildman–Crippen LogP) is 1.57. The Morgan fingerprint density at radius 3 is 2.00 bits per heavy atom. The van der Waals surface area contributed by atoms with E-state index in [1.165, 1.54) is 16.8 Å². The van der Waals surface area contributed by atoms with E-state index >= 15 is 0 Å². The summed E-state index contributed by atoms with van der Waals surface area (Å²) in [5, 5.41) is 0. The number of rotatable bonds is 1. The molecule has 1 aromatic carbocycles. The number of hydrogen-bond acceptors (Lipinski definition) is 3. The van der Waals surface area contributed by atoms with E-state index in [9.17, 15) is 9.59 Å². The Morgan fingerprint density at radius 2 is 1.39 bits per heavy atom. The van der Waals surface area contributed by atoms with E-state index in [0.717, 1.165) is 39.0 Å². The van der Waals surface area contributed by atoms with Crippen molar-refractivity contribution in [3.63, 3.8) is 0 Å². The van der Waals surface area contributed by atoms with Crippen LogP contribution in [0.15, 0.2) is 18.2 Å².